The molecular formula is C15H19N5O. The van der Waals surface area contributed by atoms with E-state index in [1.807, 2.05) is 19.9 Å². The molecule has 0 atom stereocenters. The predicted molar refractivity (Wildman–Crippen MR) is 83.0 cm³/mol. The number of hydrogen-bond acceptors (Lipinski definition) is 5. The van der Waals surface area contributed by atoms with E-state index in [1.54, 1.807) is 24.4 Å². The van der Waals surface area contributed by atoms with Crippen LogP contribution in [0.15, 0.2) is 30.5 Å². The van der Waals surface area contributed by atoms with Gasteiger partial charge < -0.3 is 16.4 Å². The molecule has 1 heterocycles. The monoisotopic (exact) mass is 285 g/mol. The fourth-order valence-electron chi connectivity index (χ4n) is 1.95. The van der Waals surface area contributed by atoms with Crippen LogP contribution < -0.4 is 16.4 Å². The molecule has 0 bridgehead atoms. The lowest BCUT2D eigenvalue weighted by Gasteiger charge is -2.12. The zero-order valence-corrected chi connectivity index (χ0v) is 12.2. The molecule has 0 saturated heterocycles. The molecule has 6 heteroatoms. The summed E-state index contributed by atoms with van der Waals surface area (Å²) < 4.78 is 0. The highest BCUT2D eigenvalue weighted by molar-refractivity contribution is 6.00. The lowest BCUT2D eigenvalue weighted by atomic mass is 10.1. The Morgan fingerprint density at radius 3 is 2.86 bits per heavy atom. The fraction of sp³-hybridized carbons (Fsp3) is 0.267. The van der Waals surface area contributed by atoms with Gasteiger partial charge in [0.1, 0.15) is 5.82 Å². The lowest BCUT2D eigenvalue weighted by molar-refractivity contribution is 0.0956. The molecular weight excluding hydrogens is 266 g/mol. The van der Waals surface area contributed by atoms with E-state index in [0.29, 0.717) is 35.9 Å². The van der Waals surface area contributed by atoms with Gasteiger partial charge >= 0.3 is 0 Å². The Bertz CT molecular complexity index is 642. The summed E-state index contributed by atoms with van der Waals surface area (Å²) in [6, 6.07) is 7.01. The Morgan fingerprint density at radius 1 is 1.33 bits per heavy atom. The zero-order valence-electron chi connectivity index (χ0n) is 12.2. The number of nitrogens with two attached hydrogens (primary N) is 1. The second-order valence-electron chi connectivity index (χ2n) is 4.61. The van der Waals surface area contributed by atoms with Crippen LogP contribution in [0.1, 0.15) is 28.8 Å². The first-order valence-corrected chi connectivity index (χ1v) is 6.80. The number of amides is 1. The van der Waals surface area contributed by atoms with Gasteiger partial charge in [-0.05, 0) is 38.1 Å². The summed E-state index contributed by atoms with van der Waals surface area (Å²) >= 11 is 0. The first kappa shape index (κ1) is 14.8. The molecule has 1 amide bonds. The zero-order chi connectivity index (χ0) is 15.2. The van der Waals surface area contributed by atoms with Gasteiger partial charge in [-0.3, -0.25) is 4.79 Å². The number of rotatable bonds is 5. The summed E-state index contributed by atoms with van der Waals surface area (Å²) in [6.45, 7) is 4.79. The van der Waals surface area contributed by atoms with Crippen LogP contribution in [0, 0.1) is 6.92 Å². The van der Waals surface area contributed by atoms with Gasteiger partial charge in [-0.2, -0.15) is 0 Å². The Labute approximate surface area is 123 Å². The van der Waals surface area contributed by atoms with E-state index in [4.69, 9.17) is 5.73 Å². The Kier molecular flexibility index (Phi) is 4.71. The third kappa shape index (κ3) is 3.92. The van der Waals surface area contributed by atoms with Crippen LogP contribution in [0.25, 0.3) is 0 Å². The number of carbonyl (C=O) groups excluding carboxylic acids is 1. The second-order valence-corrected chi connectivity index (χ2v) is 4.61. The van der Waals surface area contributed by atoms with E-state index in [0.717, 1.165) is 5.69 Å². The molecule has 0 spiro atoms. The fourth-order valence-corrected chi connectivity index (χ4v) is 1.95. The second kappa shape index (κ2) is 6.69. The number of nitrogen functional groups attached to an aromatic ring is 1. The molecule has 110 valence electrons. The molecule has 0 aliphatic carbocycles. The Balaban J connectivity index is 2.18. The van der Waals surface area contributed by atoms with Gasteiger partial charge in [-0.25, -0.2) is 9.97 Å². The van der Waals surface area contributed by atoms with Gasteiger partial charge in [0.15, 0.2) is 0 Å². The smallest absolute Gasteiger partial charge is 0.253 e. The highest BCUT2D eigenvalue weighted by Gasteiger charge is 2.11. The SMILES string of the molecule is CCNC(=O)c1ccc(N)cc1NCc1ccnc(C)n1. The maximum absolute atomic E-state index is 12.0. The minimum atomic E-state index is -0.126. The Hall–Kier alpha value is -2.63. The van der Waals surface area contributed by atoms with Crippen LogP contribution in [0.2, 0.25) is 0 Å². The summed E-state index contributed by atoms with van der Waals surface area (Å²) in [5, 5.41) is 5.99. The van der Waals surface area contributed by atoms with E-state index < -0.39 is 0 Å². The van der Waals surface area contributed by atoms with Crippen molar-refractivity contribution in [2.75, 3.05) is 17.6 Å². The lowest BCUT2D eigenvalue weighted by Crippen LogP contribution is -2.24. The molecule has 2 rings (SSSR count). The van der Waals surface area contributed by atoms with Crippen molar-refractivity contribution in [2.24, 2.45) is 0 Å². The van der Waals surface area contributed by atoms with Crippen LogP contribution >= 0.6 is 0 Å². The number of aryl methyl sites for hydroxylation is 1. The maximum Gasteiger partial charge on any atom is 0.253 e. The first-order valence-electron chi connectivity index (χ1n) is 6.80. The molecule has 2 aromatic rings. The highest BCUT2D eigenvalue weighted by Crippen LogP contribution is 2.20. The van der Waals surface area contributed by atoms with Gasteiger partial charge in [0.25, 0.3) is 5.91 Å². The van der Waals surface area contributed by atoms with Crippen molar-refractivity contribution in [1.82, 2.24) is 15.3 Å². The van der Waals surface area contributed by atoms with E-state index in [2.05, 4.69) is 20.6 Å². The number of anilines is 2. The molecule has 1 aromatic carbocycles. The van der Waals surface area contributed by atoms with Crippen molar-refractivity contribution in [2.45, 2.75) is 20.4 Å². The third-order valence-corrected chi connectivity index (χ3v) is 2.92. The molecule has 21 heavy (non-hydrogen) atoms. The van der Waals surface area contributed by atoms with Crippen LogP contribution in [0.5, 0.6) is 0 Å². The van der Waals surface area contributed by atoms with Crippen molar-refractivity contribution in [3.63, 3.8) is 0 Å². The average molecular weight is 285 g/mol. The summed E-state index contributed by atoms with van der Waals surface area (Å²) in [5.74, 6) is 0.588. The molecule has 0 aliphatic heterocycles. The minimum absolute atomic E-state index is 0.126. The minimum Gasteiger partial charge on any atom is -0.399 e. The number of aromatic nitrogens is 2. The molecule has 0 radical (unpaired) electrons. The van der Waals surface area contributed by atoms with Crippen molar-refractivity contribution in [3.05, 3.63) is 47.5 Å². The molecule has 0 fully saturated rings. The van der Waals surface area contributed by atoms with Crippen LogP contribution in [-0.4, -0.2) is 22.4 Å². The van der Waals surface area contributed by atoms with Crippen molar-refractivity contribution < 1.29 is 4.79 Å². The topological polar surface area (TPSA) is 92.9 Å². The first-order chi connectivity index (χ1) is 10.1. The number of nitrogens with one attached hydrogen (secondary N) is 2. The highest BCUT2D eigenvalue weighted by atomic mass is 16.1. The number of carbonyl (C=O) groups is 1. The van der Waals surface area contributed by atoms with Crippen LogP contribution in [-0.2, 0) is 6.54 Å². The van der Waals surface area contributed by atoms with Crippen molar-refractivity contribution >= 4 is 17.3 Å². The number of nitrogens with zero attached hydrogens (tertiary/aromatic N) is 2. The Morgan fingerprint density at radius 2 is 2.14 bits per heavy atom. The van der Waals surface area contributed by atoms with Crippen LogP contribution in [0.3, 0.4) is 0 Å². The molecule has 0 unspecified atom stereocenters. The average Bonchev–Trinajstić information content (AvgIpc) is 2.45. The van der Waals surface area contributed by atoms with E-state index in [1.165, 1.54) is 0 Å². The van der Waals surface area contributed by atoms with Gasteiger partial charge in [0.05, 0.1) is 17.8 Å². The number of benzene rings is 1. The quantitative estimate of drug-likeness (QED) is 0.727. The summed E-state index contributed by atoms with van der Waals surface area (Å²) in [7, 11) is 0. The van der Waals surface area contributed by atoms with Crippen LogP contribution in [0.4, 0.5) is 11.4 Å². The van der Waals surface area contributed by atoms with E-state index in [-0.39, 0.29) is 5.91 Å². The van der Waals surface area contributed by atoms with Gasteiger partial charge in [-0.1, -0.05) is 0 Å². The standard InChI is InChI=1S/C15H19N5O/c1-3-17-15(21)13-5-4-11(16)8-14(13)19-9-12-6-7-18-10(2)20-12/h4-8,19H,3,9,16H2,1-2H3,(H,17,21). The molecule has 4 N–H and O–H groups in total. The van der Waals surface area contributed by atoms with Crippen molar-refractivity contribution in [3.8, 4) is 0 Å². The normalized spacial score (nSPS) is 10.2. The molecule has 0 saturated carbocycles. The van der Waals surface area contributed by atoms with E-state index >= 15 is 0 Å². The summed E-state index contributed by atoms with van der Waals surface area (Å²) in [4.78, 5) is 20.4. The predicted octanol–water partition coefficient (Wildman–Crippen LogP) is 1.73. The van der Waals surface area contributed by atoms with E-state index in [9.17, 15) is 4.79 Å². The maximum atomic E-state index is 12.0. The summed E-state index contributed by atoms with van der Waals surface area (Å²) in [5.41, 5.74) is 8.51. The van der Waals surface area contributed by atoms with Crippen molar-refractivity contribution in [1.29, 1.82) is 0 Å². The largest absolute Gasteiger partial charge is 0.399 e. The number of hydrogen-bond donors (Lipinski definition) is 3. The molecule has 6 nitrogen and oxygen atoms in total. The molecule has 0 aliphatic rings. The third-order valence-electron chi connectivity index (χ3n) is 2.92. The molecule has 1 aromatic heterocycles. The summed E-state index contributed by atoms with van der Waals surface area (Å²) in [6.07, 6.45) is 1.71. The van der Waals surface area contributed by atoms with Gasteiger partial charge in [0, 0.05) is 24.1 Å². The van der Waals surface area contributed by atoms with Gasteiger partial charge in [-0.15, -0.1) is 0 Å². The van der Waals surface area contributed by atoms with Gasteiger partial charge in [0.2, 0.25) is 0 Å².